The summed E-state index contributed by atoms with van der Waals surface area (Å²) in [4.78, 5) is 35.2. The predicted octanol–water partition coefficient (Wildman–Crippen LogP) is 0.994. The average Bonchev–Trinajstić information content (AvgIpc) is 3.21. The van der Waals surface area contributed by atoms with Crippen molar-refractivity contribution in [2.75, 3.05) is 6.61 Å². The Labute approximate surface area is 108 Å². The topological polar surface area (TPSA) is 84.1 Å². The number of H-pyrrole nitrogens is 1. The Morgan fingerprint density at radius 1 is 1.53 bits per heavy atom. The summed E-state index contributed by atoms with van der Waals surface area (Å²) < 4.78 is 0. The Morgan fingerprint density at radius 2 is 2.37 bits per heavy atom. The van der Waals surface area contributed by atoms with E-state index in [2.05, 4.69) is 15.4 Å². The number of hydrogen-bond donors (Lipinski definition) is 2. The molecule has 1 aliphatic carbocycles. The minimum absolute atomic E-state index is 0.266. The van der Waals surface area contributed by atoms with Gasteiger partial charge in [-0.2, -0.15) is 0 Å². The average molecular weight is 259 g/mol. The molecule has 0 spiro atoms. The summed E-state index contributed by atoms with van der Waals surface area (Å²) in [7, 11) is 0. The number of carbonyl (C=O) groups is 1. The highest BCUT2D eigenvalue weighted by atomic mass is 16.7. The molecule has 1 aliphatic rings. The lowest BCUT2D eigenvalue weighted by Gasteiger charge is -2.07. The van der Waals surface area contributed by atoms with Gasteiger partial charge in [0, 0.05) is 17.6 Å². The number of fused-ring (bicyclic) bond motifs is 1. The molecule has 0 aliphatic heterocycles. The van der Waals surface area contributed by atoms with Crippen LogP contribution in [0.2, 0.25) is 0 Å². The monoisotopic (exact) mass is 259 g/mol. The van der Waals surface area contributed by atoms with Crippen LogP contribution in [0.5, 0.6) is 0 Å². The molecule has 0 unspecified atom stereocenters. The molecule has 19 heavy (non-hydrogen) atoms. The lowest BCUT2D eigenvalue weighted by molar-refractivity contribution is 0.0271. The van der Waals surface area contributed by atoms with Crippen molar-refractivity contribution in [1.29, 1.82) is 0 Å². The maximum absolute atomic E-state index is 12.0. The van der Waals surface area contributed by atoms with Crippen molar-refractivity contribution in [1.82, 2.24) is 15.4 Å². The third-order valence-electron chi connectivity index (χ3n) is 3.04. The van der Waals surface area contributed by atoms with Crippen LogP contribution in [0.15, 0.2) is 29.2 Å². The SMILES string of the molecule is O=C(NOCC1CC1)c1cc(=O)[nH]c2ncccc12. The fraction of sp³-hybridized carbons (Fsp3) is 0.308. The predicted molar refractivity (Wildman–Crippen MR) is 68.5 cm³/mol. The number of aromatic amines is 1. The van der Waals surface area contributed by atoms with Crippen LogP contribution in [0, 0.1) is 5.92 Å². The molecule has 1 amide bonds. The van der Waals surface area contributed by atoms with Gasteiger partial charge in [0.1, 0.15) is 5.65 Å². The van der Waals surface area contributed by atoms with Gasteiger partial charge in [-0.1, -0.05) is 0 Å². The Balaban J connectivity index is 1.85. The van der Waals surface area contributed by atoms with Crippen LogP contribution in [0.25, 0.3) is 11.0 Å². The number of pyridine rings is 2. The standard InChI is InChI=1S/C13H13N3O3/c17-11-6-10(9-2-1-5-14-12(9)15-11)13(18)16-19-7-8-3-4-8/h1-2,5-6,8H,3-4,7H2,(H,16,18)(H,14,15,17). The second-order valence-electron chi connectivity index (χ2n) is 4.63. The third-order valence-corrected chi connectivity index (χ3v) is 3.04. The molecule has 2 heterocycles. The maximum atomic E-state index is 12.0. The molecule has 0 bridgehead atoms. The summed E-state index contributed by atoms with van der Waals surface area (Å²) in [5, 5.41) is 0.592. The number of hydroxylamine groups is 1. The molecule has 6 heteroatoms. The number of rotatable bonds is 4. The van der Waals surface area contributed by atoms with Crippen LogP contribution in [0.4, 0.5) is 0 Å². The molecular formula is C13H13N3O3. The zero-order valence-electron chi connectivity index (χ0n) is 10.2. The van der Waals surface area contributed by atoms with Crippen LogP contribution < -0.4 is 11.0 Å². The molecule has 98 valence electrons. The van der Waals surface area contributed by atoms with Crippen molar-refractivity contribution >= 4 is 16.9 Å². The van der Waals surface area contributed by atoms with Crippen molar-refractivity contribution in [2.24, 2.45) is 5.92 Å². The van der Waals surface area contributed by atoms with Gasteiger partial charge in [0.15, 0.2) is 0 Å². The van der Waals surface area contributed by atoms with E-state index in [0.717, 1.165) is 12.8 Å². The highest BCUT2D eigenvalue weighted by Crippen LogP contribution is 2.28. The molecular weight excluding hydrogens is 246 g/mol. The highest BCUT2D eigenvalue weighted by molar-refractivity contribution is 6.04. The van der Waals surface area contributed by atoms with Gasteiger partial charge in [0.25, 0.3) is 5.91 Å². The first-order valence-corrected chi connectivity index (χ1v) is 6.14. The van der Waals surface area contributed by atoms with Gasteiger partial charge < -0.3 is 4.98 Å². The van der Waals surface area contributed by atoms with Gasteiger partial charge in [0.2, 0.25) is 5.56 Å². The molecule has 0 aromatic carbocycles. The van der Waals surface area contributed by atoms with Crippen LogP contribution in [0.1, 0.15) is 23.2 Å². The van der Waals surface area contributed by atoms with Crippen molar-refractivity contribution in [3.8, 4) is 0 Å². The summed E-state index contributed by atoms with van der Waals surface area (Å²) in [5.41, 5.74) is 2.67. The Kier molecular flexibility index (Phi) is 3.00. The summed E-state index contributed by atoms with van der Waals surface area (Å²) in [6.07, 6.45) is 3.85. The Morgan fingerprint density at radius 3 is 3.16 bits per heavy atom. The van der Waals surface area contributed by atoms with Crippen LogP contribution in [0.3, 0.4) is 0 Å². The van der Waals surface area contributed by atoms with Gasteiger partial charge in [-0.3, -0.25) is 14.4 Å². The molecule has 0 radical (unpaired) electrons. The lowest BCUT2D eigenvalue weighted by Crippen LogP contribution is -2.26. The molecule has 0 atom stereocenters. The minimum atomic E-state index is -0.426. The van der Waals surface area contributed by atoms with E-state index in [-0.39, 0.29) is 11.1 Å². The molecule has 1 saturated carbocycles. The largest absolute Gasteiger partial charge is 0.307 e. The summed E-state index contributed by atoms with van der Waals surface area (Å²) in [5.74, 6) is 0.127. The fourth-order valence-corrected chi connectivity index (χ4v) is 1.84. The van der Waals surface area contributed by atoms with Gasteiger partial charge >= 0.3 is 0 Å². The zero-order chi connectivity index (χ0) is 13.2. The number of carbonyl (C=O) groups excluding carboxylic acids is 1. The summed E-state index contributed by atoms with van der Waals surface area (Å²) in [6, 6.07) is 4.69. The first kappa shape index (κ1) is 11.9. The van der Waals surface area contributed by atoms with Crippen molar-refractivity contribution < 1.29 is 9.63 Å². The fourth-order valence-electron chi connectivity index (χ4n) is 1.84. The lowest BCUT2D eigenvalue weighted by atomic mass is 10.1. The molecule has 2 aromatic heterocycles. The van der Waals surface area contributed by atoms with Crippen LogP contribution >= 0.6 is 0 Å². The Bertz CT molecular complexity index is 676. The van der Waals surface area contributed by atoms with Crippen LogP contribution in [-0.4, -0.2) is 22.5 Å². The van der Waals surface area contributed by atoms with Gasteiger partial charge in [0.05, 0.1) is 12.2 Å². The van der Waals surface area contributed by atoms with E-state index in [1.807, 2.05) is 0 Å². The van der Waals surface area contributed by atoms with E-state index in [1.54, 1.807) is 18.3 Å². The van der Waals surface area contributed by atoms with E-state index in [0.29, 0.717) is 23.6 Å². The Hall–Kier alpha value is -2.21. The number of nitrogens with one attached hydrogen (secondary N) is 2. The smallest absolute Gasteiger partial charge is 0.275 e. The van der Waals surface area contributed by atoms with E-state index >= 15 is 0 Å². The molecule has 2 aromatic rings. The molecule has 0 saturated heterocycles. The summed E-state index contributed by atoms with van der Waals surface area (Å²) in [6.45, 7) is 0.519. The van der Waals surface area contributed by atoms with E-state index in [4.69, 9.17) is 4.84 Å². The van der Waals surface area contributed by atoms with Crippen molar-refractivity contribution in [2.45, 2.75) is 12.8 Å². The first-order valence-electron chi connectivity index (χ1n) is 6.14. The van der Waals surface area contributed by atoms with Gasteiger partial charge in [-0.25, -0.2) is 10.5 Å². The summed E-state index contributed by atoms with van der Waals surface area (Å²) >= 11 is 0. The molecule has 6 nitrogen and oxygen atoms in total. The minimum Gasteiger partial charge on any atom is -0.307 e. The van der Waals surface area contributed by atoms with Gasteiger partial charge in [-0.05, 0) is 30.9 Å². The number of aromatic nitrogens is 2. The maximum Gasteiger partial charge on any atom is 0.275 e. The highest BCUT2D eigenvalue weighted by Gasteiger charge is 2.22. The molecule has 2 N–H and O–H groups in total. The van der Waals surface area contributed by atoms with E-state index < -0.39 is 5.91 Å². The van der Waals surface area contributed by atoms with Gasteiger partial charge in [-0.15, -0.1) is 0 Å². The molecule has 1 fully saturated rings. The third kappa shape index (κ3) is 2.63. The number of amides is 1. The van der Waals surface area contributed by atoms with Crippen molar-refractivity contribution in [3.63, 3.8) is 0 Å². The molecule has 3 rings (SSSR count). The zero-order valence-corrected chi connectivity index (χ0v) is 10.2. The van der Waals surface area contributed by atoms with E-state index in [9.17, 15) is 9.59 Å². The second-order valence-corrected chi connectivity index (χ2v) is 4.63. The van der Waals surface area contributed by atoms with Crippen LogP contribution in [-0.2, 0) is 4.84 Å². The number of nitrogens with zero attached hydrogens (tertiary/aromatic N) is 1. The second kappa shape index (κ2) is 4.81. The first-order chi connectivity index (χ1) is 9.24. The van der Waals surface area contributed by atoms with Crippen molar-refractivity contribution in [3.05, 3.63) is 40.3 Å². The number of hydrogen-bond acceptors (Lipinski definition) is 4. The van der Waals surface area contributed by atoms with E-state index in [1.165, 1.54) is 6.07 Å². The quantitative estimate of drug-likeness (QED) is 0.802. The normalized spacial score (nSPS) is 14.5.